The summed E-state index contributed by atoms with van der Waals surface area (Å²) in [6.07, 6.45) is -4.89. The van der Waals surface area contributed by atoms with Crippen LogP contribution in [0, 0.1) is 5.82 Å². The fourth-order valence-electron chi connectivity index (χ4n) is 1.32. The topological polar surface area (TPSA) is 49.3 Å². The van der Waals surface area contributed by atoms with E-state index < -0.39 is 41.7 Å². The second kappa shape index (κ2) is 5.87. The standard InChI is InChI=1S/C11H10BrF4NO2/c1-5(4-18)17-10(19)8-7(12)3-2-6(9(8)13)11(14,15)16/h2-3,5,18H,4H2,1H3,(H,17,19)/t5-/m1/s1. The van der Waals surface area contributed by atoms with Crippen LogP contribution < -0.4 is 5.32 Å². The third-order valence-corrected chi connectivity index (χ3v) is 2.94. The summed E-state index contributed by atoms with van der Waals surface area (Å²) in [4.78, 5) is 11.7. The lowest BCUT2D eigenvalue weighted by atomic mass is 10.1. The maximum Gasteiger partial charge on any atom is 0.419 e. The largest absolute Gasteiger partial charge is 0.419 e. The number of aliphatic hydroxyl groups is 1. The third-order valence-electron chi connectivity index (χ3n) is 2.27. The number of carbonyl (C=O) groups is 1. The Morgan fingerprint density at radius 1 is 1.47 bits per heavy atom. The Labute approximate surface area is 114 Å². The molecule has 8 heteroatoms. The lowest BCUT2D eigenvalue weighted by Crippen LogP contribution is -2.36. The van der Waals surface area contributed by atoms with Crippen LogP contribution in [0.2, 0.25) is 0 Å². The molecule has 0 unspecified atom stereocenters. The summed E-state index contributed by atoms with van der Waals surface area (Å²) in [6, 6.07) is 0.796. The van der Waals surface area contributed by atoms with Gasteiger partial charge in [0.05, 0.1) is 17.7 Å². The molecule has 1 amide bonds. The van der Waals surface area contributed by atoms with Crippen molar-refractivity contribution in [1.82, 2.24) is 5.32 Å². The summed E-state index contributed by atoms with van der Waals surface area (Å²) in [7, 11) is 0. The second-order valence-electron chi connectivity index (χ2n) is 3.84. The van der Waals surface area contributed by atoms with Crippen molar-refractivity contribution in [1.29, 1.82) is 0 Å². The van der Waals surface area contributed by atoms with E-state index in [4.69, 9.17) is 5.11 Å². The van der Waals surface area contributed by atoms with Crippen molar-refractivity contribution < 1.29 is 27.5 Å². The average molecular weight is 344 g/mol. The van der Waals surface area contributed by atoms with E-state index in [9.17, 15) is 22.4 Å². The van der Waals surface area contributed by atoms with E-state index in [0.29, 0.717) is 6.07 Å². The predicted octanol–water partition coefficient (Wildman–Crippen LogP) is 2.72. The number of nitrogens with one attached hydrogen (secondary N) is 1. The van der Waals surface area contributed by atoms with Crippen molar-refractivity contribution in [3.63, 3.8) is 0 Å². The van der Waals surface area contributed by atoms with Gasteiger partial charge in [-0.3, -0.25) is 4.79 Å². The third kappa shape index (κ3) is 3.66. The normalized spacial score (nSPS) is 13.2. The molecule has 3 nitrogen and oxygen atoms in total. The number of hydrogen-bond acceptors (Lipinski definition) is 2. The Morgan fingerprint density at radius 3 is 2.53 bits per heavy atom. The molecule has 0 saturated carbocycles. The Kier molecular flexibility index (Phi) is 4.92. The Bertz CT molecular complexity index is 490. The number of aliphatic hydroxyl groups excluding tert-OH is 1. The van der Waals surface area contributed by atoms with Gasteiger partial charge in [0.15, 0.2) is 0 Å². The lowest BCUT2D eigenvalue weighted by Gasteiger charge is -2.15. The highest BCUT2D eigenvalue weighted by molar-refractivity contribution is 9.10. The Balaban J connectivity index is 3.24. The molecule has 1 rings (SSSR count). The van der Waals surface area contributed by atoms with Gasteiger partial charge in [-0.15, -0.1) is 0 Å². The SMILES string of the molecule is C[C@H](CO)NC(=O)c1c(Br)ccc(C(F)(F)F)c1F. The average Bonchev–Trinajstić information content (AvgIpc) is 2.26. The zero-order chi connectivity index (χ0) is 14.8. The molecule has 0 saturated heterocycles. The summed E-state index contributed by atoms with van der Waals surface area (Å²) >= 11 is 2.83. The molecule has 0 aromatic heterocycles. The van der Waals surface area contributed by atoms with Crippen LogP contribution in [0.25, 0.3) is 0 Å². The van der Waals surface area contributed by atoms with Crippen molar-refractivity contribution in [3.8, 4) is 0 Å². The van der Waals surface area contributed by atoms with Gasteiger partial charge in [-0.2, -0.15) is 13.2 Å². The van der Waals surface area contributed by atoms with Crippen LogP contribution in [0.1, 0.15) is 22.8 Å². The van der Waals surface area contributed by atoms with Crippen molar-refractivity contribution >= 4 is 21.8 Å². The Hall–Kier alpha value is -1.15. The highest BCUT2D eigenvalue weighted by atomic mass is 79.9. The molecule has 0 spiro atoms. The van der Waals surface area contributed by atoms with Crippen molar-refractivity contribution in [2.45, 2.75) is 19.1 Å². The van der Waals surface area contributed by atoms with E-state index in [1.807, 2.05) is 0 Å². The predicted molar refractivity (Wildman–Crippen MR) is 63.1 cm³/mol. The van der Waals surface area contributed by atoms with Gasteiger partial charge in [0, 0.05) is 10.5 Å². The first kappa shape index (κ1) is 15.9. The number of carbonyl (C=O) groups excluding carboxylic acids is 1. The molecule has 1 aromatic carbocycles. The summed E-state index contributed by atoms with van der Waals surface area (Å²) in [5.41, 5.74) is -2.26. The quantitative estimate of drug-likeness (QED) is 0.829. The van der Waals surface area contributed by atoms with Crippen LogP contribution in [0.4, 0.5) is 17.6 Å². The van der Waals surface area contributed by atoms with E-state index in [-0.39, 0.29) is 4.47 Å². The van der Waals surface area contributed by atoms with Crippen LogP contribution in [0.15, 0.2) is 16.6 Å². The van der Waals surface area contributed by atoms with Gasteiger partial charge in [0.2, 0.25) is 0 Å². The first-order valence-electron chi connectivity index (χ1n) is 5.15. The number of rotatable bonds is 3. The Morgan fingerprint density at radius 2 is 2.05 bits per heavy atom. The van der Waals surface area contributed by atoms with E-state index in [0.717, 1.165) is 6.07 Å². The van der Waals surface area contributed by atoms with Gasteiger partial charge in [-0.1, -0.05) is 0 Å². The molecule has 0 aliphatic rings. The molecular weight excluding hydrogens is 334 g/mol. The zero-order valence-corrected chi connectivity index (χ0v) is 11.3. The lowest BCUT2D eigenvalue weighted by molar-refractivity contribution is -0.140. The van der Waals surface area contributed by atoms with Crippen molar-refractivity contribution in [3.05, 3.63) is 33.5 Å². The summed E-state index contributed by atoms with van der Waals surface area (Å²) in [6.45, 7) is 1.02. The molecule has 0 aliphatic heterocycles. The summed E-state index contributed by atoms with van der Waals surface area (Å²) < 4.78 is 51.2. The van der Waals surface area contributed by atoms with E-state index in [1.54, 1.807) is 0 Å². The molecule has 1 atom stereocenters. The second-order valence-corrected chi connectivity index (χ2v) is 4.69. The minimum Gasteiger partial charge on any atom is -0.394 e. The molecule has 0 fully saturated rings. The maximum absolute atomic E-state index is 13.8. The van der Waals surface area contributed by atoms with E-state index >= 15 is 0 Å². The smallest absolute Gasteiger partial charge is 0.394 e. The first-order valence-corrected chi connectivity index (χ1v) is 5.94. The van der Waals surface area contributed by atoms with Crippen molar-refractivity contribution in [2.24, 2.45) is 0 Å². The number of halogens is 5. The number of amides is 1. The highest BCUT2D eigenvalue weighted by Crippen LogP contribution is 2.34. The number of benzene rings is 1. The van der Waals surface area contributed by atoms with Gasteiger partial charge < -0.3 is 10.4 Å². The van der Waals surface area contributed by atoms with Gasteiger partial charge in [0.25, 0.3) is 5.91 Å². The van der Waals surface area contributed by atoms with Gasteiger partial charge in [0.1, 0.15) is 5.82 Å². The molecule has 19 heavy (non-hydrogen) atoms. The minimum atomic E-state index is -4.89. The molecule has 0 radical (unpaired) electrons. The first-order chi connectivity index (χ1) is 8.68. The fraction of sp³-hybridized carbons (Fsp3) is 0.364. The molecule has 2 N–H and O–H groups in total. The van der Waals surface area contributed by atoms with Crippen LogP contribution >= 0.6 is 15.9 Å². The minimum absolute atomic E-state index is 0.0966. The molecule has 0 aliphatic carbocycles. The highest BCUT2D eigenvalue weighted by Gasteiger charge is 2.36. The van der Waals surface area contributed by atoms with Crippen LogP contribution in [-0.4, -0.2) is 23.7 Å². The number of alkyl halides is 3. The molecule has 0 heterocycles. The molecule has 106 valence electrons. The van der Waals surface area contributed by atoms with Crippen LogP contribution in [-0.2, 0) is 6.18 Å². The van der Waals surface area contributed by atoms with Gasteiger partial charge in [-0.25, -0.2) is 4.39 Å². The molecule has 1 aromatic rings. The fourth-order valence-corrected chi connectivity index (χ4v) is 1.81. The maximum atomic E-state index is 13.8. The van der Waals surface area contributed by atoms with E-state index in [1.165, 1.54) is 6.92 Å². The van der Waals surface area contributed by atoms with Crippen molar-refractivity contribution in [2.75, 3.05) is 6.61 Å². The summed E-state index contributed by atoms with van der Waals surface area (Å²) in [5, 5.41) is 10.9. The van der Waals surface area contributed by atoms with Crippen LogP contribution in [0.5, 0.6) is 0 Å². The van der Waals surface area contributed by atoms with Gasteiger partial charge in [-0.05, 0) is 35.0 Å². The molecular formula is C11H10BrF4NO2. The monoisotopic (exact) mass is 343 g/mol. The van der Waals surface area contributed by atoms with E-state index in [2.05, 4.69) is 21.2 Å². The summed E-state index contributed by atoms with van der Waals surface area (Å²) in [5.74, 6) is -2.68. The van der Waals surface area contributed by atoms with Crippen LogP contribution in [0.3, 0.4) is 0 Å². The molecule has 0 bridgehead atoms. The number of hydrogen-bond donors (Lipinski definition) is 2. The van der Waals surface area contributed by atoms with Gasteiger partial charge >= 0.3 is 6.18 Å². The zero-order valence-electron chi connectivity index (χ0n) is 9.68.